The van der Waals surface area contributed by atoms with E-state index in [1.165, 1.54) is 83.5 Å². The Morgan fingerprint density at radius 2 is 1.42 bits per heavy atom. The fourth-order valence-electron chi connectivity index (χ4n) is 3.94. The fraction of sp³-hybridized carbons (Fsp3) is 0.870. The molecule has 0 aromatic rings. The molecule has 0 aliphatic carbocycles. The van der Waals surface area contributed by atoms with Crippen molar-refractivity contribution in [3.8, 4) is 0 Å². The van der Waals surface area contributed by atoms with Crippen LogP contribution in [-0.4, -0.2) is 35.1 Å². The van der Waals surface area contributed by atoms with Crippen LogP contribution in [0.25, 0.3) is 0 Å². The van der Waals surface area contributed by atoms with Crippen molar-refractivity contribution >= 4 is 5.97 Å². The van der Waals surface area contributed by atoms with E-state index in [2.05, 4.69) is 24.0 Å². The van der Waals surface area contributed by atoms with Crippen LogP contribution in [0.4, 0.5) is 0 Å². The number of rotatable bonds is 17. The molecule has 0 unspecified atom stereocenters. The minimum atomic E-state index is -0.632. The Morgan fingerprint density at radius 1 is 0.885 bits per heavy atom. The van der Waals surface area contributed by atoms with Crippen molar-refractivity contribution in [1.29, 1.82) is 0 Å². The van der Waals surface area contributed by atoms with E-state index in [-0.39, 0.29) is 6.04 Å². The summed E-state index contributed by atoms with van der Waals surface area (Å²) in [5.41, 5.74) is 0. The molecule has 1 fully saturated rings. The summed E-state index contributed by atoms with van der Waals surface area (Å²) in [4.78, 5) is 13.3. The molecule has 0 aromatic heterocycles. The molecule has 1 N–H and O–H groups in total. The van der Waals surface area contributed by atoms with Gasteiger partial charge in [0, 0.05) is 0 Å². The molecule has 0 spiro atoms. The summed E-state index contributed by atoms with van der Waals surface area (Å²) < 4.78 is 0. The van der Waals surface area contributed by atoms with Crippen LogP contribution in [0.3, 0.4) is 0 Å². The van der Waals surface area contributed by atoms with Crippen molar-refractivity contribution in [2.75, 3.05) is 13.1 Å². The van der Waals surface area contributed by atoms with Crippen LogP contribution in [-0.2, 0) is 4.79 Å². The number of hydrogen-bond acceptors (Lipinski definition) is 2. The molecule has 0 bridgehead atoms. The monoisotopic (exact) mass is 365 g/mol. The van der Waals surface area contributed by atoms with Crippen LogP contribution in [0, 0.1) is 0 Å². The summed E-state index contributed by atoms with van der Waals surface area (Å²) in [7, 11) is 0. The van der Waals surface area contributed by atoms with E-state index >= 15 is 0 Å². The van der Waals surface area contributed by atoms with E-state index < -0.39 is 5.97 Å². The number of unbranched alkanes of at least 4 members (excludes halogenated alkanes) is 12. The topological polar surface area (TPSA) is 40.5 Å². The summed E-state index contributed by atoms with van der Waals surface area (Å²) >= 11 is 0. The second kappa shape index (κ2) is 16.4. The first-order chi connectivity index (χ1) is 12.8. The Labute approximate surface area is 162 Å². The minimum Gasteiger partial charge on any atom is -0.480 e. The van der Waals surface area contributed by atoms with Crippen LogP contribution in [0.2, 0.25) is 0 Å². The molecule has 0 radical (unpaired) electrons. The van der Waals surface area contributed by atoms with E-state index in [4.69, 9.17) is 0 Å². The predicted octanol–water partition coefficient (Wildman–Crippen LogP) is 6.57. The van der Waals surface area contributed by atoms with E-state index in [9.17, 15) is 9.90 Å². The van der Waals surface area contributed by atoms with Crippen LogP contribution >= 0.6 is 0 Å². The smallest absolute Gasteiger partial charge is 0.320 e. The maximum atomic E-state index is 11.1. The molecule has 1 heterocycles. The highest BCUT2D eigenvalue weighted by Crippen LogP contribution is 2.18. The third kappa shape index (κ3) is 11.7. The number of allylic oxidation sites excluding steroid dienone is 2. The second-order valence-electron chi connectivity index (χ2n) is 7.97. The average molecular weight is 366 g/mol. The quantitative estimate of drug-likeness (QED) is 0.234. The van der Waals surface area contributed by atoms with Gasteiger partial charge in [0.25, 0.3) is 0 Å². The lowest BCUT2D eigenvalue weighted by Crippen LogP contribution is -2.36. The van der Waals surface area contributed by atoms with Gasteiger partial charge >= 0.3 is 5.97 Å². The summed E-state index contributed by atoms with van der Waals surface area (Å²) in [5, 5.41) is 9.17. The van der Waals surface area contributed by atoms with Crippen LogP contribution < -0.4 is 0 Å². The molecule has 1 atom stereocenters. The molecule has 152 valence electrons. The fourth-order valence-corrected chi connectivity index (χ4v) is 3.94. The molecule has 3 heteroatoms. The summed E-state index contributed by atoms with van der Waals surface area (Å²) in [6, 6.07) is -0.210. The summed E-state index contributed by atoms with van der Waals surface area (Å²) in [5.74, 6) is -0.632. The van der Waals surface area contributed by atoms with Gasteiger partial charge in [-0.1, -0.05) is 76.9 Å². The van der Waals surface area contributed by atoms with Crippen molar-refractivity contribution in [2.24, 2.45) is 0 Å². The second-order valence-corrected chi connectivity index (χ2v) is 7.97. The van der Waals surface area contributed by atoms with E-state index in [1.807, 2.05) is 0 Å². The molecule has 0 amide bonds. The number of hydrogen-bond donors (Lipinski definition) is 1. The molecule has 1 rings (SSSR count). The first-order valence-corrected chi connectivity index (χ1v) is 11.4. The zero-order valence-corrected chi connectivity index (χ0v) is 17.3. The number of aliphatic carboxylic acids is 1. The number of carboxylic acid groups (broad SMARTS) is 1. The molecular formula is C23H43NO2. The third-order valence-corrected chi connectivity index (χ3v) is 5.61. The van der Waals surface area contributed by atoms with Crippen molar-refractivity contribution in [3.63, 3.8) is 0 Å². The highest BCUT2D eigenvalue weighted by molar-refractivity contribution is 5.73. The first kappa shape index (κ1) is 23.2. The van der Waals surface area contributed by atoms with Gasteiger partial charge in [0.2, 0.25) is 0 Å². The van der Waals surface area contributed by atoms with Crippen LogP contribution in [0.1, 0.15) is 110 Å². The SMILES string of the molecule is CCCCCCCC/C=C\CCCCCCCCN1CCC[C@H]1C(=O)O. The van der Waals surface area contributed by atoms with Crippen LogP contribution in [0.5, 0.6) is 0 Å². The Kier molecular flexibility index (Phi) is 14.6. The lowest BCUT2D eigenvalue weighted by atomic mass is 10.1. The van der Waals surface area contributed by atoms with Gasteiger partial charge in [-0.05, 0) is 58.0 Å². The normalized spacial score (nSPS) is 18.1. The van der Waals surface area contributed by atoms with E-state index in [0.717, 1.165) is 32.4 Å². The van der Waals surface area contributed by atoms with E-state index in [0.29, 0.717) is 0 Å². The molecule has 1 aliphatic rings. The molecule has 3 nitrogen and oxygen atoms in total. The largest absolute Gasteiger partial charge is 0.480 e. The van der Waals surface area contributed by atoms with Crippen LogP contribution in [0.15, 0.2) is 12.2 Å². The highest BCUT2D eigenvalue weighted by Gasteiger charge is 2.29. The van der Waals surface area contributed by atoms with Gasteiger partial charge in [-0.3, -0.25) is 9.69 Å². The zero-order chi connectivity index (χ0) is 18.9. The standard InChI is InChI=1S/C23H43NO2/c1-2-3-4-5-6-7-8-9-10-11-12-13-14-15-16-17-20-24-21-18-19-22(24)23(25)26/h9-10,22H,2-8,11-21H2,1H3,(H,25,26)/b10-9-/t22-/m0/s1. The predicted molar refractivity (Wildman–Crippen MR) is 112 cm³/mol. The molecule has 0 aromatic carbocycles. The minimum absolute atomic E-state index is 0.210. The van der Waals surface area contributed by atoms with E-state index in [1.54, 1.807) is 0 Å². The molecule has 1 aliphatic heterocycles. The van der Waals surface area contributed by atoms with Gasteiger partial charge in [-0.2, -0.15) is 0 Å². The molecule has 26 heavy (non-hydrogen) atoms. The molecule has 0 saturated carbocycles. The average Bonchev–Trinajstić information content (AvgIpc) is 3.10. The lowest BCUT2D eigenvalue weighted by molar-refractivity contribution is -0.142. The Bertz CT molecular complexity index is 367. The number of nitrogens with zero attached hydrogens (tertiary/aromatic N) is 1. The Morgan fingerprint density at radius 3 is 2.00 bits per heavy atom. The number of carbonyl (C=O) groups is 1. The first-order valence-electron chi connectivity index (χ1n) is 11.4. The van der Waals surface area contributed by atoms with Crippen molar-refractivity contribution in [3.05, 3.63) is 12.2 Å². The van der Waals surface area contributed by atoms with Gasteiger partial charge in [-0.25, -0.2) is 0 Å². The molecular weight excluding hydrogens is 322 g/mol. The Balaban J connectivity index is 1.81. The summed E-state index contributed by atoms with van der Waals surface area (Å²) in [6.07, 6.45) is 25.2. The third-order valence-electron chi connectivity index (χ3n) is 5.61. The van der Waals surface area contributed by atoms with Gasteiger partial charge in [-0.15, -0.1) is 0 Å². The van der Waals surface area contributed by atoms with Gasteiger partial charge in [0.05, 0.1) is 0 Å². The number of carboxylic acids is 1. The van der Waals surface area contributed by atoms with Gasteiger partial charge < -0.3 is 5.11 Å². The zero-order valence-electron chi connectivity index (χ0n) is 17.3. The van der Waals surface area contributed by atoms with Crippen molar-refractivity contribution < 1.29 is 9.90 Å². The summed E-state index contributed by atoms with van der Waals surface area (Å²) in [6.45, 7) is 4.22. The van der Waals surface area contributed by atoms with Crippen molar-refractivity contribution in [1.82, 2.24) is 4.90 Å². The highest BCUT2D eigenvalue weighted by atomic mass is 16.4. The molecule has 1 saturated heterocycles. The van der Waals surface area contributed by atoms with Gasteiger partial charge in [0.15, 0.2) is 0 Å². The number of likely N-dealkylation sites (tertiary alicyclic amines) is 1. The maximum Gasteiger partial charge on any atom is 0.320 e. The van der Waals surface area contributed by atoms with Crippen molar-refractivity contribution in [2.45, 2.75) is 116 Å². The maximum absolute atomic E-state index is 11.1. The lowest BCUT2D eigenvalue weighted by Gasteiger charge is -2.20. The van der Waals surface area contributed by atoms with Gasteiger partial charge in [0.1, 0.15) is 6.04 Å². The Hall–Kier alpha value is -0.830.